The van der Waals surface area contributed by atoms with Crippen LogP contribution >= 0.6 is 11.8 Å². The first-order valence-electron chi connectivity index (χ1n) is 6.28. The van der Waals surface area contributed by atoms with Crippen LogP contribution < -0.4 is 5.32 Å². The molecule has 1 saturated heterocycles. The maximum absolute atomic E-state index is 9.55. The monoisotopic (exact) mass is 229 g/mol. The van der Waals surface area contributed by atoms with Crippen LogP contribution in [0.5, 0.6) is 0 Å². The molecule has 3 heteroatoms. The molecule has 0 aromatic carbocycles. The molecule has 0 spiro atoms. The van der Waals surface area contributed by atoms with Gasteiger partial charge in [-0.1, -0.05) is 19.3 Å². The lowest BCUT2D eigenvalue weighted by atomic mass is 9.82. The van der Waals surface area contributed by atoms with Crippen molar-refractivity contribution in [2.24, 2.45) is 5.92 Å². The van der Waals surface area contributed by atoms with Gasteiger partial charge in [-0.2, -0.15) is 11.8 Å². The first kappa shape index (κ1) is 11.7. The highest BCUT2D eigenvalue weighted by molar-refractivity contribution is 7.99. The second-order valence-corrected chi connectivity index (χ2v) is 6.26. The van der Waals surface area contributed by atoms with E-state index in [9.17, 15) is 5.11 Å². The Labute approximate surface area is 97.2 Å². The quantitative estimate of drug-likeness (QED) is 0.773. The first-order chi connectivity index (χ1) is 7.35. The molecule has 2 N–H and O–H groups in total. The number of hydrogen-bond acceptors (Lipinski definition) is 3. The van der Waals surface area contributed by atoms with Gasteiger partial charge in [0.05, 0.1) is 6.61 Å². The summed E-state index contributed by atoms with van der Waals surface area (Å²) in [6.07, 6.45) is 7.62. The number of hydrogen-bond donors (Lipinski definition) is 2. The molecular formula is C12H23NOS. The SMILES string of the molecule is OCC1(NCC2CCSC2)CCCCC1. The number of nitrogens with one attached hydrogen (secondary N) is 1. The molecule has 0 radical (unpaired) electrons. The molecule has 2 nitrogen and oxygen atoms in total. The zero-order chi connectivity index (χ0) is 10.6. The topological polar surface area (TPSA) is 32.3 Å². The van der Waals surface area contributed by atoms with E-state index in [1.165, 1.54) is 50.0 Å². The Hall–Kier alpha value is 0.270. The van der Waals surface area contributed by atoms with Gasteiger partial charge in [0.1, 0.15) is 0 Å². The van der Waals surface area contributed by atoms with E-state index in [1.807, 2.05) is 0 Å². The highest BCUT2D eigenvalue weighted by Gasteiger charge is 2.31. The molecule has 1 unspecified atom stereocenters. The van der Waals surface area contributed by atoms with Crippen molar-refractivity contribution in [2.75, 3.05) is 24.7 Å². The lowest BCUT2D eigenvalue weighted by Gasteiger charge is -2.37. The van der Waals surface area contributed by atoms with Gasteiger partial charge in [0.2, 0.25) is 0 Å². The van der Waals surface area contributed by atoms with E-state index in [0.717, 1.165) is 12.5 Å². The van der Waals surface area contributed by atoms with Crippen molar-refractivity contribution in [1.29, 1.82) is 0 Å². The van der Waals surface area contributed by atoms with Crippen LogP contribution in [0.3, 0.4) is 0 Å². The van der Waals surface area contributed by atoms with Crippen LogP contribution in [0.25, 0.3) is 0 Å². The third-order valence-electron chi connectivity index (χ3n) is 3.90. The molecule has 1 saturated carbocycles. The normalized spacial score (nSPS) is 30.6. The average molecular weight is 229 g/mol. The molecule has 15 heavy (non-hydrogen) atoms. The standard InChI is InChI=1S/C12H23NOS/c14-10-12(5-2-1-3-6-12)13-8-11-4-7-15-9-11/h11,13-14H,1-10H2. The van der Waals surface area contributed by atoms with Crippen LogP contribution in [0.4, 0.5) is 0 Å². The number of aliphatic hydroxyl groups excluding tert-OH is 1. The third-order valence-corrected chi connectivity index (χ3v) is 5.13. The maximum Gasteiger partial charge on any atom is 0.0613 e. The van der Waals surface area contributed by atoms with Gasteiger partial charge in [0.25, 0.3) is 0 Å². The fourth-order valence-corrected chi connectivity index (χ4v) is 4.01. The molecule has 2 rings (SSSR count). The molecule has 88 valence electrons. The van der Waals surface area contributed by atoms with Crippen molar-refractivity contribution in [3.05, 3.63) is 0 Å². The minimum Gasteiger partial charge on any atom is -0.394 e. The molecule has 1 aliphatic carbocycles. The highest BCUT2D eigenvalue weighted by Crippen LogP contribution is 2.29. The largest absolute Gasteiger partial charge is 0.394 e. The number of thioether (sulfide) groups is 1. The van der Waals surface area contributed by atoms with Crippen molar-refractivity contribution in [3.63, 3.8) is 0 Å². The van der Waals surface area contributed by atoms with Crippen LogP contribution in [0.1, 0.15) is 38.5 Å². The summed E-state index contributed by atoms with van der Waals surface area (Å²) in [7, 11) is 0. The van der Waals surface area contributed by atoms with E-state index in [1.54, 1.807) is 0 Å². The Bertz CT molecular complexity index is 186. The Kier molecular flexibility index (Phi) is 4.35. The van der Waals surface area contributed by atoms with Crippen LogP contribution in [0.2, 0.25) is 0 Å². The molecular weight excluding hydrogens is 206 g/mol. The third kappa shape index (κ3) is 3.11. The second kappa shape index (κ2) is 5.55. The van der Waals surface area contributed by atoms with Crippen LogP contribution in [-0.2, 0) is 0 Å². The number of aliphatic hydroxyl groups is 1. The van der Waals surface area contributed by atoms with E-state index < -0.39 is 0 Å². The molecule has 0 aromatic rings. The predicted octanol–water partition coefficient (Wildman–Crippen LogP) is 2.02. The fourth-order valence-electron chi connectivity index (χ4n) is 2.72. The summed E-state index contributed by atoms with van der Waals surface area (Å²) in [5.41, 5.74) is 0.0749. The van der Waals surface area contributed by atoms with Crippen molar-refractivity contribution in [3.8, 4) is 0 Å². The summed E-state index contributed by atoms with van der Waals surface area (Å²) in [5, 5.41) is 13.2. The van der Waals surface area contributed by atoms with Gasteiger partial charge < -0.3 is 10.4 Å². The molecule has 1 heterocycles. The highest BCUT2D eigenvalue weighted by atomic mass is 32.2. The molecule has 1 aliphatic heterocycles. The number of rotatable bonds is 4. The summed E-state index contributed by atoms with van der Waals surface area (Å²) < 4.78 is 0. The Morgan fingerprint density at radius 1 is 1.27 bits per heavy atom. The molecule has 1 atom stereocenters. The van der Waals surface area contributed by atoms with Gasteiger partial charge in [0.15, 0.2) is 0 Å². The fraction of sp³-hybridized carbons (Fsp3) is 1.00. The van der Waals surface area contributed by atoms with Crippen LogP contribution in [-0.4, -0.2) is 35.3 Å². The lowest BCUT2D eigenvalue weighted by Crippen LogP contribution is -2.51. The predicted molar refractivity (Wildman–Crippen MR) is 66.3 cm³/mol. The van der Waals surface area contributed by atoms with Gasteiger partial charge in [-0.25, -0.2) is 0 Å². The van der Waals surface area contributed by atoms with Crippen LogP contribution in [0, 0.1) is 5.92 Å². The second-order valence-electron chi connectivity index (χ2n) is 5.11. The van der Waals surface area contributed by atoms with E-state index >= 15 is 0 Å². The smallest absolute Gasteiger partial charge is 0.0613 e. The summed E-state index contributed by atoms with van der Waals surface area (Å²) in [4.78, 5) is 0. The lowest BCUT2D eigenvalue weighted by molar-refractivity contribution is 0.117. The minimum atomic E-state index is 0.0749. The van der Waals surface area contributed by atoms with Gasteiger partial charge in [0, 0.05) is 5.54 Å². The molecule has 0 bridgehead atoms. The van der Waals surface area contributed by atoms with Crippen molar-refractivity contribution in [2.45, 2.75) is 44.1 Å². The van der Waals surface area contributed by atoms with Crippen molar-refractivity contribution in [1.82, 2.24) is 5.32 Å². The molecule has 0 amide bonds. The summed E-state index contributed by atoms with van der Waals surface area (Å²) >= 11 is 2.07. The molecule has 2 fully saturated rings. The Morgan fingerprint density at radius 2 is 2.07 bits per heavy atom. The minimum absolute atomic E-state index is 0.0749. The van der Waals surface area contributed by atoms with E-state index in [-0.39, 0.29) is 5.54 Å². The first-order valence-corrected chi connectivity index (χ1v) is 7.44. The van der Waals surface area contributed by atoms with E-state index in [0.29, 0.717) is 6.61 Å². The Morgan fingerprint density at radius 3 is 2.67 bits per heavy atom. The van der Waals surface area contributed by atoms with Gasteiger partial charge in [-0.3, -0.25) is 0 Å². The zero-order valence-corrected chi connectivity index (χ0v) is 10.3. The van der Waals surface area contributed by atoms with E-state index in [2.05, 4.69) is 17.1 Å². The van der Waals surface area contributed by atoms with Crippen LogP contribution in [0.15, 0.2) is 0 Å². The Balaban J connectivity index is 1.78. The molecule has 0 aromatic heterocycles. The summed E-state index contributed by atoms with van der Waals surface area (Å²) in [6.45, 7) is 1.44. The van der Waals surface area contributed by atoms with Crippen molar-refractivity contribution < 1.29 is 5.11 Å². The summed E-state index contributed by atoms with van der Waals surface area (Å²) in [6, 6.07) is 0. The zero-order valence-electron chi connectivity index (χ0n) is 9.50. The average Bonchev–Trinajstić information content (AvgIpc) is 2.81. The van der Waals surface area contributed by atoms with Crippen molar-refractivity contribution >= 4 is 11.8 Å². The molecule has 2 aliphatic rings. The maximum atomic E-state index is 9.55. The van der Waals surface area contributed by atoms with E-state index in [4.69, 9.17) is 0 Å². The van der Waals surface area contributed by atoms with Gasteiger partial charge >= 0.3 is 0 Å². The van der Waals surface area contributed by atoms with Gasteiger partial charge in [-0.15, -0.1) is 0 Å². The summed E-state index contributed by atoms with van der Waals surface area (Å²) in [5.74, 6) is 3.49. The van der Waals surface area contributed by atoms with Gasteiger partial charge in [-0.05, 0) is 43.2 Å².